The molecule has 0 saturated heterocycles. The Morgan fingerprint density at radius 2 is 1.90 bits per heavy atom. The van der Waals surface area contributed by atoms with Gasteiger partial charge in [0.05, 0.1) is 13.2 Å². The Morgan fingerprint density at radius 1 is 1.25 bits per heavy atom. The number of halogens is 1. The van der Waals surface area contributed by atoms with E-state index in [-0.39, 0.29) is 24.2 Å². The van der Waals surface area contributed by atoms with E-state index in [1.54, 1.807) is 13.2 Å². The van der Waals surface area contributed by atoms with Crippen molar-refractivity contribution in [3.8, 4) is 11.5 Å². The van der Waals surface area contributed by atoms with Gasteiger partial charge in [-0.15, -0.1) is 0 Å². The fourth-order valence-corrected chi connectivity index (χ4v) is 2.69. The number of rotatable bonds is 4. The summed E-state index contributed by atoms with van der Waals surface area (Å²) in [4.78, 5) is 0. The van der Waals surface area contributed by atoms with Crippen LogP contribution in [0, 0.1) is 11.2 Å². The van der Waals surface area contributed by atoms with Crippen molar-refractivity contribution in [2.24, 2.45) is 11.1 Å². The maximum absolute atomic E-state index is 14.0. The fourth-order valence-electron chi connectivity index (χ4n) is 2.69. The summed E-state index contributed by atoms with van der Waals surface area (Å²) >= 11 is 0. The number of benzene rings is 1. The van der Waals surface area contributed by atoms with Crippen LogP contribution >= 0.6 is 0 Å². The average Bonchev–Trinajstić information content (AvgIpc) is 2.42. The van der Waals surface area contributed by atoms with E-state index in [0.717, 1.165) is 25.7 Å². The predicted molar refractivity (Wildman–Crippen MR) is 77.5 cm³/mol. The van der Waals surface area contributed by atoms with Crippen LogP contribution in [0.2, 0.25) is 0 Å². The lowest BCUT2D eigenvalue weighted by molar-refractivity contribution is 0.0950. The summed E-state index contributed by atoms with van der Waals surface area (Å²) in [5, 5.41) is 0. The molecule has 2 N–H and O–H groups in total. The molecule has 20 heavy (non-hydrogen) atoms. The highest BCUT2D eigenvalue weighted by Gasteiger charge is 2.28. The molecule has 2 rings (SSSR count). The second kappa shape index (κ2) is 6.00. The number of methoxy groups -OCH3 is 1. The molecule has 112 valence electrons. The van der Waals surface area contributed by atoms with Gasteiger partial charge in [-0.25, -0.2) is 4.39 Å². The molecule has 3 nitrogen and oxygen atoms in total. The molecule has 0 unspecified atom stereocenters. The van der Waals surface area contributed by atoms with Crippen LogP contribution in [0.15, 0.2) is 12.1 Å². The minimum Gasteiger partial charge on any atom is -0.496 e. The van der Waals surface area contributed by atoms with Crippen LogP contribution in [-0.2, 0) is 6.54 Å². The van der Waals surface area contributed by atoms with Crippen molar-refractivity contribution in [2.75, 3.05) is 7.11 Å². The monoisotopic (exact) mass is 281 g/mol. The SMILES string of the molecule is COc1cc(OC2CCC(C)(C)CC2)c(F)cc1CN. The Hall–Kier alpha value is -1.29. The van der Waals surface area contributed by atoms with Crippen LogP contribution in [0.5, 0.6) is 11.5 Å². The largest absolute Gasteiger partial charge is 0.496 e. The minimum atomic E-state index is -0.365. The molecule has 0 aromatic heterocycles. The molecule has 0 radical (unpaired) electrons. The van der Waals surface area contributed by atoms with E-state index in [9.17, 15) is 4.39 Å². The van der Waals surface area contributed by atoms with Gasteiger partial charge in [0.25, 0.3) is 0 Å². The van der Waals surface area contributed by atoms with Crippen molar-refractivity contribution in [3.05, 3.63) is 23.5 Å². The normalized spacial score (nSPS) is 18.9. The molecule has 1 aromatic carbocycles. The van der Waals surface area contributed by atoms with Crippen molar-refractivity contribution < 1.29 is 13.9 Å². The van der Waals surface area contributed by atoms with Crippen LogP contribution in [0.3, 0.4) is 0 Å². The Bertz CT molecular complexity index is 464. The van der Waals surface area contributed by atoms with E-state index in [4.69, 9.17) is 15.2 Å². The number of ether oxygens (including phenoxy) is 2. The van der Waals surface area contributed by atoms with Crippen molar-refractivity contribution >= 4 is 0 Å². The molecule has 1 saturated carbocycles. The second-order valence-electron chi connectivity index (χ2n) is 6.28. The van der Waals surface area contributed by atoms with Gasteiger partial charge in [0.2, 0.25) is 0 Å². The van der Waals surface area contributed by atoms with E-state index in [1.807, 2.05) is 0 Å². The summed E-state index contributed by atoms with van der Waals surface area (Å²) in [6, 6.07) is 3.01. The molecule has 0 aliphatic heterocycles. The Morgan fingerprint density at radius 3 is 2.45 bits per heavy atom. The highest BCUT2D eigenvalue weighted by atomic mass is 19.1. The zero-order valence-corrected chi connectivity index (χ0v) is 12.5. The smallest absolute Gasteiger partial charge is 0.165 e. The molecular formula is C16H24FNO2. The molecule has 0 heterocycles. The maximum Gasteiger partial charge on any atom is 0.165 e. The zero-order valence-electron chi connectivity index (χ0n) is 12.5. The zero-order chi connectivity index (χ0) is 14.8. The molecule has 1 aliphatic carbocycles. The van der Waals surface area contributed by atoms with Gasteiger partial charge in [-0.3, -0.25) is 0 Å². The minimum absolute atomic E-state index is 0.0888. The van der Waals surface area contributed by atoms with Gasteiger partial charge in [0.1, 0.15) is 5.75 Å². The van der Waals surface area contributed by atoms with Gasteiger partial charge >= 0.3 is 0 Å². The lowest BCUT2D eigenvalue weighted by atomic mass is 9.76. The summed E-state index contributed by atoms with van der Waals surface area (Å²) in [5.41, 5.74) is 6.60. The first-order valence-corrected chi connectivity index (χ1v) is 7.18. The topological polar surface area (TPSA) is 44.5 Å². The first-order valence-electron chi connectivity index (χ1n) is 7.18. The molecule has 0 bridgehead atoms. The summed E-state index contributed by atoms with van der Waals surface area (Å²) in [6.45, 7) is 4.78. The van der Waals surface area contributed by atoms with E-state index >= 15 is 0 Å². The molecule has 0 amide bonds. The lowest BCUT2D eigenvalue weighted by Crippen LogP contribution is -2.28. The quantitative estimate of drug-likeness (QED) is 0.916. The molecule has 1 fully saturated rings. The average molecular weight is 281 g/mol. The van der Waals surface area contributed by atoms with Crippen molar-refractivity contribution in [2.45, 2.75) is 52.2 Å². The van der Waals surface area contributed by atoms with E-state index in [2.05, 4.69) is 13.8 Å². The number of hydrogen-bond acceptors (Lipinski definition) is 3. The van der Waals surface area contributed by atoms with Crippen LogP contribution in [0.25, 0.3) is 0 Å². The van der Waals surface area contributed by atoms with Gasteiger partial charge in [-0.1, -0.05) is 13.8 Å². The first-order chi connectivity index (χ1) is 9.45. The summed E-state index contributed by atoms with van der Waals surface area (Å²) in [6.07, 6.45) is 4.24. The standard InChI is InChI=1S/C16H24FNO2/c1-16(2)6-4-12(5-7-16)20-15-9-14(19-3)11(10-18)8-13(15)17/h8-9,12H,4-7,10,18H2,1-3H3. The van der Waals surface area contributed by atoms with Crippen LogP contribution in [0.1, 0.15) is 45.1 Å². The Balaban J connectivity index is 2.10. The number of nitrogens with two attached hydrogens (primary N) is 1. The summed E-state index contributed by atoms with van der Waals surface area (Å²) < 4.78 is 25.1. The first kappa shape index (κ1) is 15.1. The second-order valence-corrected chi connectivity index (χ2v) is 6.28. The van der Waals surface area contributed by atoms with Crippen molar-refractivity contribution in [1.82, 2.24) is 0 Å². The molecule has 4 heteroatoms. The van der Waals surface area contributed by atoms with Gasteiger partial charge in [-0.05, 0) is 37.2 Å². The van der Waals surface area contributed by atoms with Gasteiger partial charge in [0, 0.05) is 18.2 Å². The van der Waals surface area contributed by atoms with E-state index < -0.39 is 0 Å². The van der Waals surface area contributed by atoms with Crippen LogP contribution < -0.4 is 15.2 Å². The Labute approximate surface area is 120 Å². The van der Waals surface area contributed by atoms with Crippen molar-refractivity contribution in [3.63, 3.8) is 0 Å². The maximum atomic E-state index is 14.0. The summed E-state index contributed by atoms with van der Waals surface area (Å²) in [5.74, 6) is 0.486. The highest BCUT2D eigenvalue weighted by Crippen LogP contribution is 2.37. The molecule has 0 spiro atoms. The highest BCUT2D eigenvalue weighted by molar-refractivity contribution is 5.41. The fraction of sp³-hybridized carbons (Fsp3) is 0.625. The number of hydrogen-bond donors (Lipinski definition) is 1. The molecular weight excluding hydrogens is 257 g/mol. The molecule has 1 aromatic rings. The van der Waals surface area contributed by atoms with Crippen molar-refractivity contribution in [1.29, 1.82) is 0 Å². The Kier molecular flexibility index (Phi) is 4.53. The van der Waals surface area contributed by atoms with E-state index in [0.29, 0.717) is 16.7 Å². The van der Waals surface area contributed by atoms with Gasteiger partial charge < -0.3 is 15.2 Å². The third-order valence-corrected chi connectivity index (χ3v) is 4.13. The predicted octanol–water partition coefficient (Wildman–Crippen LogP) is 3.64. The molecule has 1 aliphatic rings. The van der Waals surface area contributed by atoms with Crippen LogP contribution in [0.4, 0.5) is 4.39 Å². The summed E-state index contributed by atoms with van der Waals surface area (Å²) in [7, 11) is 1.55. The molecule has 0 atom stereocenters. The third-order valence-electron chi connectivity index (χ3n) is 4.13. The van der Waals surface area contributed by atoms with E-state index in [1.165, 1.54) is 6.07 Å². The lowest BCUT2D eigenvalue weighted by Gasteiger charge is -2.34. The van der Waals surface area contributed by atoms with Crippen LogP contribution in [-0.4, -0.2) is 13.2 Å². The third kappa shape index (κ3) is 3.42. The van der Waals surface area contributed by atoms with Gasteiger partial charge in [-0.2, -0.15) is 0 Å². The van der Waals surface area contributed by atoms with Gasteiger partial charge in [0.15, 0.2) is 11.6 Å².